The van der Waals surface area contributed by atoms with E-state index < -0.39 is 5.91 Å². The van der Waals surface area contributed by atoms with Crippen LogP contribution in [-0.4, -0.2) is 11.8 Å². The molecule has 2 aromatic rings. The summed E-state index contributed by atoms with van der Waals surface area (Å²) in [5, 5.41) is 2.14. The number of halogens is 1. The molecule has 0 radical (unpaired) electrons. The zero-order chi connectivity index (χ0) is 13.8. The Labute approximate surface area is 119 Å². The highest BCUT2D eigenvalue weighted by Gasteiger charge is 2.12. The van der Waals surface area contributed by atoms with Gasteiger partial charge in [-0.2, -0.15) is 0 Å². The Hall–Kier alpha value is -1.85. The van der Waals surface area contributed by atoms with Crippen molar-refractivity contribution in [3.05, 3.63) is 56.7 Å². The molecular formula is C13H11ClN2O2S. The van der Waals surface area contributed by atoms with Crippen LogP contribution in [0.25, 0.3) is 0 Å². The van der Waals surface area contributed by atoms with Gasteiger partial charge in [-0.15, -0.1) is 11.3 Å². The molecule has 1 aromatic heterocycles. The van der Waals surface area contributed by atoms with Crippen molar-refractivity contribution < 1.29 is 9.59 Å². The molecular weight excluding hydrogens is 284 g/mol. The van der Waals surface area contributed by atoms with Crippen LogP contribution < -0.4 is 10.9 Å². The molecule has 0 fully saturated rings. The van der Waals surface area contributed by atoms with E-state index in [9.17, 15) is 9.59 Å². The van der Waals surface area contributed by atoms with Crippen molar-refractivity contribution in [2.45, 2.75) is 6.92 Å². The Bertz CT molecular complexity index is 611. The van der Waals surface area contributed by atoms with Crippen LogP contribution in [0.5, 0.6) is 0 Å². The van der Waals surface area contributed by atoms with E-state index in [4.69, 9.17) is 11.6 Å². The molecule has 6 heteroatoms. The molecule has 0 saturated heterocycles. The minimum absolute atomic E-state index is 0.318. The summed E-state index contributed by atoms with van der Waals surface area (Å²) >= 11 is 7.26. The molecule has 0 aliphatic carbocycles. The van der Waals surface area contributed by atoms with Crippen molar-refractivity contribution in [2.24, 2.45) is 0 Å². The Kier molecular flexibility index (Phi) is 4.19. The van der Waals surface area contributed by atoms with Crippen LogP contribution in [0.4, 0.5) is 0 Å². The summed E-state index contributed by atoms with van der Waals surface area (Å²) in [5.41, 5.74) is 5.95. The summed E-state index contributed by atoms with van der Waals surface area (Å²) in [6, 6.07) is 8.52. The first kappa shape index (κ1) is 13.6. The smallest absolute Gasteiger partial charge is 0.267 e. The van der Waals surface area contributed by atoms with Gasteiger partial charge in [0.25, 0.3) is 11.8 Å². The molecule has 0 atom stereocenters. The second-order valence-corrected chi connectivity index (χ2v) is 5.22. The lowest BCUT2D eigenvalue weighted by molar-refractivity contribution is 0.0849. The molecule has 2 amide bonds. The lowest BCUT2D eigenvalue weighted by Crippen LogP contribution is -2.41. The van der Waals surface area contributed by atoms with E-state index in [1.165, 1.54) is 11.3 Å². The van der Waals surface area contributed by atoms with Crippen molar-refractivity contribution in [1.29, 1.82) is 0 Å². The van der Waals surface area contributed by atoms with Crippen molar-refractivity contribution in [2.75, 3.05) is 0 Å². The molecule has 1 aromatic carbocycles. The van der Waals surface area contributed by atoms with Crippen molar-refractivity contribution >= 4 is 34.8 Å². The fourth-order valence-electron chi connectivity index (χ4n) is 1.45. The number of amides is 2. The zero-order valence-electron chi connectivity index (χ0n) is 10.1. The lowest BCUT2D eigenvalue weighted by Gasteiger charge is -2.08. The van der Waals surface area contributed by atoms with Gasteiger partial charge in [-0.05, 0) is 36.1 Å². The summed E-state index contributed by atoms with van der Waals surface area (Å²) in [5.74, 6) is -0.804. The van der Waals surface area contributed by atoms with Gasteiger partial charge in [0.15, 0.2) is 0 Å². The molecule has 2 rings (SSSR count). The van der Waals surface area contributed by atoms with Crippen LogP contribution in [0.2, 0.25) is 5.02 Å². The number of hydrogen-bond donors (Lipinski definition) is 2. The van der Waals surface area contributed by atoms with Gasteiger partial charge >= 0.3 is 0 Å². The minimum Gasteiger partial charge on any atom is -0.267 e. The quantitative estimate of drug-likeness (QED) is 0.837. The highest BCUT2D eigenvalue weighted by atomic mass is 35.5. The Morgan fingerprint density at radius 1 is 1.16 bits per heavy atom. The largest absolute Gasteiger partial charge is 0.279 e. The average molecular weight is 295 g/mol. The molecule has 0 bridgehead atoms. The van der Waals surface area contributed by atoms with Crippen LogP contribution in [0.1, 0.15) is 25.6 Å². The van der Waals surface area contributed by atoms with E-state index in [1.54, 1.807) is 35.7 Å². The highest BCUT2D eigenvalue weighted by Crippen LogP contribution is 2.17. The van der Waals surface area contributed by atoms with E-state index >= 15 is 0 Å². The highest BCUT2D eigenvalue weighted by molar-refractivity contribution is 7.12. The van der Waals surface area contributed by atoms with E-state index in [2.05, 4.69) is 10.9 Å². The normalized spacial score (nSPS) is 10.0. The molecule has 1 heterocycles. The summed E-state index contributed by atoms with van der Waals surface area (Å²) in [7, 11) is 0. The van der Waals surface area contributed by atoms with Gasteiger partial charge in [0.1, 0.15) is 0 Å². The van der Waals surface area contributed by atoms with Crippen LogP contribution in [-0.2, 0) is 0 Å². The summed E-state index contributed by atoms with van der Waals surface area (Å²) < 4.78 is 0. The molecule has 0 unspecified atom stereocenters. The maximum absolute atomic E-state index is 11.8. The monoisotopic (exact) mass is 294 g/mol. The molecule has 0 aliphatic heterocycles. The summed E-state index contributed by atoms with van der Waals surface area (Å²) in [6.45, 7) is 1.88. The molecule has 98 valence electrons. The fourth-order valence-corrected chi connectivity index (χ4v) is 2.39. The van der Waals surface area contributed by atoms with Crippen LogP contribution in [0, 0.1) is 6.92 Å². The zero-order valence-corrected chi connectivity index (χ0v) is 11.6. The third-order valence-electron chi connectivity index (χ3n) is 2.40. The van der Waals surface area contributed by atoms with Gasteiger partial charge in [0, 0.05) is 0 Å². The van der Waals surface area contributed by atoms with Gasteiger partial charge in [0.2, 0.25) is 0 Å². The van der Waals surface area contributed by atoms with Crippen molar-refractivity contribution in [1.82, 2.24) is 10.9 Å². The second kappa shape index (κ2) is 5.86. The van der Waals surface area contributed by atoms with Gasteiger partial charge in [-0.3, -0.25) is 20.4 Å². The first-order valence-corrected chi connectivity index (χ1v) is 6.74. The standard InChI is InChI=1S/C13H11ClN2O2S/c1-8-4-5-9(10(14)7-8)12(17)15-16-13(18)11-3-2-6-19-11/h2-7H,1H3,(H,15,17)(H,16,18). The number of aryl methyl sites for hydroxylation is 1. The van der Waals surface area contributed by atoms with Crippen molar-refractivity contribution in [3.63, 3.8) is 0 Å². The van der Waals surface area contributed by atoms with Crippen molar-refractivity contribution in [3.8, 4) is 0 Å². The number of rotatable bonds is 2. The van der Waals surface area contributed by atoms with Gasteiger partial charge in [-0.1, -0.05) is 23.7 Å². The second-order valence-electron chi connectivity index (χ2n) is 3.87. The number of hydrazine groups is 1. The first-order valence-electron chi connectivity index (χ1n) is 5.48. The molecule has 0 aliphatic rings. The Morgan fingerprint density at radius 2 is 1.89 bits per heavy atom. The van der Waals surface area contributed by atoms with Crippen LogP contribution in [0.3, 0.4) is 0 Å². The predicted molar refractivity (Wildman–Crippen MR) is 75.4 cm³/mol. The average Bonchev–Trinajstić information content (AvgIpc) is 2.89. The SMILES string of the molecule is Cc1ccc(C(=O)NNC(=O)c2cccs2)c(Cl)c1. The maximum Gasteiger partial charge on any atom is 0.279 e. The molecule has 4 nitrogen and oxygen atoms in total. The van der Waals surface area contributed by atoms with Gasteiger partial charge < -0.3 is 0 Å². The van der Waals surface area contributed by atoms with Gasteiger partial charge in [-0.25, -0.2) is 0 Å². The molecule has 0 spiro atoms. The number of nitrogens with one attached hydrogen (secondary N) is 2. The van der Waals surface area contributed by atoms with E-state index in [0.717, 1.165) is 5.56 Å². The maximum atomic E-state index is 11.8. The molecule has 0 saturated carbocycles. The minimum atomic E-state index is -0.449. The summed E-state index contributed by atoms with van der Waals surface area (Å²) in [6.07, 6.45) is 0. The number of benzene rings is 1. The number of hydrogen-bond acceptors (Lipinski definition) is 3. The van der Waals surface area contributed by atoms with Gasteiger partial charge in [0.05, 0.1) is 15.5 Å². The third kappa shape index (κ3) is 3.33. The number of thiophene rings is 1. The van der Waals surface area contributed by atoms with E-state index in [0.29, 0.717) is 15.5 Å². The third-order valence-corrected chi connectivity index (χ3v) is 3.59. The van der Waals surface area contributed by atoms with Crippen LogP contribution >= 0.6 is 22.9 Å². The molecule has 2 N–H and O–H groups in total. The Balaban J connectivity index is 2.00. The fraction of sp³-hybridized carbons (Fsp3) is 0.0769. The molecule has 19 heavy (non-hydrogen) atoms. The predicted octanol–water partition coefficient (Wildman–Crippen LogP) is 2.78. The Morgan fingerprint density at radius 3 is 2.53 bits per heavy atom. The van der Waals surface area contributed by atoms with E-state index in [-0.39, 0.29) is 5.91 Å². The van der Waals surface area contributed by atoms with Crippen LogP contribution in [0.15, 0.2) is 35.7 Å². The topological polar surface area (TPSA) is 58.2 Å². The summed E-state index contributed by atoms with van der Waals surface area (Å²) in [4.78, 5) is 24.0. The van der Waals surface area contributed by atoms with E-state index in [1.807, 2.05) is 6.92 Å². The number of carbonyl (C=O) groups excluding carboxylic acids is 2. The first-order chi connectivity index (χ1) is 9.08. The lowest BCUT2D eigenvalue weighted by atomic mass is 10.1. The number of carbonyl (C=O) groups is 2.